The molecule has 1 saturated carbocycles. The maximum Gasteiger partial charge on any atom is 0.282 e. The molecule has 0 bridgehead atoms. The van der Waals surface area contributed by atoms with Crippen molar-refractivity contribution in [3.8, 4) is 5.88 Å². The molecule has 150 valence electrons. The summed E-state index contributed by atoms with van der Waals surface area (Å²) in [6.45, 7) is 3.90. The standard InChI is InChI=1S/C18H26F2N4O3/c1-17(2,6-7-26-3)23-15(25)13-8-21-14(24-10-18(19,20)11-24)16(22-13)27-9-12-4-5-12/h8,12H,4-7,9-11H2,1-3H3,(H,23,25). The molecule has 0 radical (unpaired) electrons. The van der Waals surface area contributed by atoms with Gasteiger partial charge in [0.15, 0.2) is 11.5 Å². The fourth-order valence-corrected chi connectivity index (χ4v) is 2.72. The number of nitrogens with one attached hydrogen (secondary N) is 1. The number of ether oxygens (including phenoxy) is 2. The van der Waals surface area contributed by atoms with Crippen LogP contribution in [0.4, 0.5) is 14.6 Å². The number of halogens is 2. The molecule has 1 aliphatic heterocycles. The number of hydrogen-bond donors (Lipinski definition) is 1. The number of anilines is 1. The molecule has 7 nitrogen and oxygen atoms in total. The summed E-state index contributed by atoms with van der Waals surface area (Å²) in [5.41, 5.74) is -0.385. The zero-order valence-corrected chi connectivity index (χ0v) is 15.9. The van der Waals surface area contributed by atoms with Crippen molar-refractivity contribution in [2.45, 2.75) is 44.6 Å². The highest BCUT2D eigenvalue weighted by atomic mass is 19.3. The van der Waals surface area contributed by atoms with Crippen LogP contribution in [0, 0.1) is 5.92 Å². The van der Waals surface area contributed by atoms with Crippen molar-refractivity contribution >= 4 is 11.7 Å². The van der Waals surface area contributed by atoms with Crippen molar-refractivity contribution in [1.29, 1.82) is 0 Å². The molecule has 1 aromatic heterocycles. The van der Waals surface area contributed by atoms with E-state index in [0.717, 1.165) is 12.8 Å². The summed E-state index contributed by atoms with van der Waals surface area (Å²) in [7, 11) is 1.60. The number of alkyl halides is 2. The van der Waals surface area contributed by atoms with Gasteiger partial charge in [-0.3, -0.25) is 4.79 Å². The summed E-state index contributed by atoms with van der Waals surface area (Å²) in [5, 5.41) is 2.89. The van der Waals surface area contributed by atoms with E-state index in [4.69, 9.17) is 9.47 Å². The molecule has 1 N–H and O–H groups in total. The largest absolute Gasteiger partial charge is 0.475 e. The molecule has 1 aliphatic carbocycles. The second-order valence-corrected chi connectivity index (χ2v) is 7.93. The molecule has 0 spiro atoms. The maximum atomic E-state index is 13.2. The lowest BCUT2D eigenvalue weighted by Gasteiger charge is -2.39. The van der Waals surface area contributed by atoms with E-state index in [-0.39, 0.29) is 23.3 Å². The van der Waals surface area contributed by atoms with E-state index in [1.807, 2.05) is 13.8 Å². The molecular weight excluding hydrogens is 358 g/mol. The summed E-state index contributed by atoms with van der Waals surface area (Å²) >= 11 is 0. The van der Waals surface area contributed by atoms with Crippen molar-refractivity contribution in [2.75, 3.05) is 38.3 Å². The first-order chi connectivity index (χ1) is 12.7. The smallest absolute Gasteiger partial charge is 0.282 e. The van der Waals surface area contributed by atoms with Gasteiger partial charge in [-0.2, -0.15) is 0 Å². The van der Waals surface area contributed by atoms with Gasteiger partial charge in [0.2, 0.25) is 0 Å². The molecule has 0 aromatic carbocycles. The number of hydrogen-bond acceptors (Lipinski definition) is 6. The predicted molar refractivity (Wildman–Crippen MR) is 95.4 cm³/mol. The van der Waals surface area contributed by atoms with Crippen LogP contribution in [0.3, 0.4) is 0 Å². The summed E-state index contributed by atoms with van der Waals surface area (Å²) in [6.07, 6.45) is 4.10. The van der Waals surface area contributed by atoms with E-state index in [0.29, 0.717) is 25.6 Å². The lowest BCUT2D eigenvalue weighted by atomic mass is 10.0. The van der Waals surface area contributed by atoms with Gasteiger partial charge in [-0.15, -0.1) is 0 Å². The van der Waals surface area contributed by atoms with Crippen molar-refractivity contribution in [3.63, 3.8) is 0 Å². The van der Waals surface area contributed by atoms with E-state index in [9.17, 15) is 13.6 Å². The van der Waals surface area contributed by atoms with Gasteiger partial charge in [-0.05, 0) is 39.0 Å². The Morgan fingerprint density at radius 3 is 2.70 bits per heavy atom. The van der Waals surface area contributed by atoms with Gasteiger partial charge in [0.05, 0.1) is 25.9 Å². The molecule has 1 amide bonds. The zero-order chi connectivity index (χ0) is 19.7. The normalized spacial score (nSPS) is 18.8. The first kappa shape index (κ1) is 19.7. The van der Waals surface area contributed by atoms with Crippen LogP contribution in [-0.2, 0) is 4.74 Å². The Morgan fingerprint density at radius 2 is 2.11 bits per heavy atom. The molecule has 2 fully saturated rings. The monoisotopic (exact) mass is 384 g/mol. The molecule has 1 saturated heterocycles. The van der Waals surface area contributed by atoms with Crippen LogP contribution in [0.15, 0.2) is 6.20 Å². The van der Waals surface area contributed by atoms with Gasteiger partial charge < -0.3 is 19.7 Å². The minimum Gasteiger partial charge on any atom is -0.475 e. The average molecular weight is 384 g/mol. The van der Waals surface area contributed by atoms with Gasteiger partial charge in [0, 0.05) is 19.3 Å². The number of nitrogens with zero attached hydrogens (tertiary/aromatic N) is 3. The minimum absolute atomic E-state index is 0.0994. The third-order valence-corrected chi connectivity index (χ3v) is 4.63. The van der Waals surface area contributed by atoms with Gasteiger partial charge in [0.25, 0.3) is 17.7 Å². The average Bonchev–Trinajstić information content (AvgIpc) is 3.39. The lowest BCUT2D eigenvalue weighted by Crippen LogP contribution is -2.56. The van der Waals surface area contributed by atoms with E-state index in [2.05, 4.69) is 15.3 Å². The van der Waals surface area contributed by atoms with Crippen LogP contribution in [0.25, 0.3) is 0 Å². The van der Waals surface area contributed by atoms with Crippen LogP contribution in [0.2, 0.25) is 0 Å². The summed E-state index contributed by atoms with van der Waals surface area (Å²) < 4.78 is 37.2. The molecular formula is C18H26F2N4O3. The van der Waals surface area contributed by atoms with Crippen LogP contribution >= 0.6 is 0 Å². The maximum absolute atomic E-state index is 13.2. The number of methoxy groups -OCH3 is 1. The van der Waals surface area contributed by atoms with E-state index in [1.54, 1.807) is 7.11 Å². The topological polar surface area (TPSA) is 76.6 Å². The van der Waals surface area contributed by atoms with E-state index in [1.165, 1.54) is 11.1 Å². The molecule has 3 rings (SSSR count). The minimum atomic E-state index is -2.73. The Hall–Kier alpha value is -2.03. The Bertz CT molecular complexity index is 687. The fraction of sp³-hybridized carbons (Fsp3) is 0.722. The van der Waals surface area contributed by atoms with Gasteiger partial charge >= 0.3 is 0 Å². The lowest BCUT2D eigenvalue weighted by molar-refractivity contribution is -0.0270. The van der Waals surface area contributed by atoms with Crippen LogP contribution in [0.1, 0.15) is 43.6 Å². The molecule has 0 atom stereocenters. The Labute approximate surface area is 157 Å². The summed E-state index contributed by atoms with van der Waals surface area (Å²) in [6, 6.07) is 0. The Kier molecular flexibility index (Phi) is 5.50. The SMILES string of the molecule is COCCC(C)(C)NC(=O)c1cnc(N2CC(F)(F)C2)c(OCC2CC2)n1. The third-order valence-electron chi connectivity index (χ3n) is 4.63. The van der Waals surface area contributed by atoms with Crippen LogP contribution < -0.4 is 15.0 Å². The van der Waals surface area contributed by atoms with Crippen molar-refractivity contribution in [3.05, 3.63) is 11.9 Å². The van der Waals surface area contributed by atoms with Crippen molar-refractivity contribution in [2.24, 2.45) is 5.92 Å². The second-order valence-electron chi connectivity index (χ2n) is 7.93. The summed E-state index contributed by atoms with van der Waals surface area (Å²) in [4.78, 5) is 22.4. The summed E-state index contributed by atoms with van der Waals surface area (Å²) in [5.74, 6) is -2.25. The molecule has 0 unspecified atom stereocenters. The molecule has 1 aromatic rings. The quantitative estimate of drug-likeness (QED) is 0.704. The zero-order valence-electron chi connectivity index (χ0n) is 15.9. The fourth-order valence-electron chi connectivity index (χ4n) is 2.72. The first-order valence-electron chi connectivity index (χ1n) is 9.13. The number of amides is 1. The highest BCUT2D eigenvalue weighted by Crippen LogP contribution is 2.36. The van der Waals surface area contributed by atoms with Crippen LogP contribution in [-0.4, -0.2) is 60.7 Å². The van der Waals surface area contributed by atoms with Crippen molar-refractivity contribution < 1.29 is 23.0 Å². The Balaban J connectivity index is 1.73. The Morgan fingerprint density at radius 1 is 1.41 bits per heavy atom. The van der Waals surface area contributed by atoms with Gasteiger partial charge in [-0.25, -0.2) is 18.7 Å². The highest BCUT2D eigenvalue weighted by Gasteiger charge is 2.46. The second kappa shape index (κ2) is 7.53. The first-order valence-corrected chi connectivity index (χ1v) is 9.13. The number of aromatic nitrogens is 2. The van der Waals surface area contributed by atoms with Gasteiger partial charge in [-0.1, -0.05) is 0 Å². The van der Waals surface area contributed by atoms with E-state index < -0.39 is 24.6 Å². The molecule has 9 heteroatoms. The predicted octanol–water partition coefficient (Wildman–Crippen LogP) is 2.27. The number of carbonyl (C=O) groups is 1. The van der Waals surface area contributed by atoms with Gasteiger partial charge in [0.1, 0.15) is 0 Å². The van der Waals surface area contributed by atoms with Crippen LogP contribution in [0.5, 0.6) is 5.88 Å². The highest BCUT2D eigenvalue weighted by molar-refractivity contribution is 5.92. The number of carbonyl (C=O) groups excluding carboxylic acids is 1. The van der Waals surface area contributed by atoms with E-state index >= 15 is 0 Å². The number of rotatable bonds is 9. The third kappa shape index (κ3) is 5.24. The van der Waals surface area contributed by atoms with Crippen molar-refractivity contribution in [1.82, 2.24) is 15.3 Å². The molecule has 27 heavy (non-hydrogen) atoms. The molecule has 2 heterocycles. The molecule has 2 aliphatic rings.